The number of aliphatic hydroxyl groups excluding tert-OH is 1. The van der Waals surface area contributed by atoms with Gasteiger partial charge in [0.2, 0.25) is 0 Å². The van der Waals surface area contributed by atoms with E-state index >= 15 is 0 Å². The Hall–Kier alpha value is -2.23. The van der Waals surface area contributed by atoms with Crippen molar-refractivity contribution in [2.24, 2.45) is 27.2 Å². The number of hydrogen-bond acceptors (Lipinski definition) is 9. The topological polar surface area (TPSA) is 165 Å². The largest absolute Gasteiger partial charge is 0.447 e. The van der Waals surface area contributed by atoms with Gasteiger partial charge in [0.1, 0.15) is 24.8 Å². The van der Waals surface area contributed by atoms with Gasteiger partial charge in [-0.1, -0.05) is 0 Å². The minimum Gasteiger partial charge on any atom is -0.447 e. The van der Waals surface area contributed by atoms with Crippen LogP contribution in [-0.2, 0) is 4.74 Å². The summed E-state index contributed by atoms with van der Waals surface area (Å²) in [5.41, 5.74) is 15.7. The fourth-order valence-electron chi connectivity index (χ4n) is 3.19. The molecule has 8 N–H and O–H groups in total. The molecule has 1 spiro atoms. The van der Waals surface area contributed by atoms with E-state index in [1.54, 1.807) is 4.90 Å². The zero-order valence-electron chi connectivity index (χ0n) is 10.7. The Bertz CT molecular complexity index is 507. The van der Waals surface area contributed by atoms with Crippen LogP contribution in [0.4, 0.5) is 4.79 Å². The van der Waals surface area contributed by atoms with Gasteiger partial charge in [-0.3, -0.25) is 0 Å². The minimum absolute atomic E-state index is 0.0567. The number of primary amides is 1. The summed E-state index contributed by atoms with van der Waals surface area (Å²) in [6.45, 7) is 0.480. The monoisotopic (exact) mass is 283 g/mol. The Balaban J connectivity index is 1.96. The number of ether oxygens (including phenoxy) is 1. The van der Waals surface area contributed by atoms with E-state index in [1.807, 2.05) is 0 Å². The maximum absolute atomic E-state index is 10.8. The molecule has 3 rings (SSSR count). The molecule has 10 heteroatoms. The summed E-state index contributed by atoms with van der Waals surface area (Å²) in [6, 6.07) is -0.942. The molecule has 1 unspecified atom stereocenters. The lowest BCUT2D eigenvalue weighted by Gasteiger charge is -2.44. The van der Waals surface area contributed by atoms with Crippen molar-refractivity contribution in [3.05, 3.63) is 0 Å². The maximum Gasteiger partial charge on any atom is 0.404 e. The van der Waals surface area contributed by atoms with E-state index in [1.165, 1.54) is 0 Å². The lowest BCUT2D eigenvalue weighted by Crippen LogP contribution is -2.68. The maximum atomic E-state index is 10.8. The predicted octanol–water partition coefficient (Wildman–Crippen LogP) is -3.17. The first-order valence-corrected chi connectivity index (χ1v) is 6.28. The van der Waals surface area contributed by atoms with Gasteiger partial charge in [-0.15, -0.1) is 0 Å². The van der Waals surface area contributed by atoms with E-state index in [0.29, 0.717) is 13.0 Å². The van der Waals surface area contributed by atoms with Crippen molar-refractivity contribution < 1.29 is 14.6 Å². The van der Waals surface area contributed by atoms with Crippen LogP contribution < -0.4 is 22.5 Å². The molecule has 1 saturated heterocycles. The third-order valence-electron chi connectivity index (χ3n) is 3.97. The van der Waals surface area contributed by atoms with Gasteiger partial charge < -0.3 is 37.3 Å². The SMILES string of the molecule is NC(=O)OC[C@@H]1N=C(N)N2CC[C@@H](O)C23N=C(N)N[C@@H]13. The standard InChI is InChI=1S/C10H17N7O3/c11-7-15-6-4(3-20-9(13)19)14-8(12)17-2-1-5(18)10(6,17)16-7/h4-6,18H,1-3H2,(H2,12,14)(H2,13,19)(H3,11,15,16)/t4-,5+,6-,10?/m0/s1. The number of rotatable bonds is 2. The van der Waals surface area contributed by atoms with E-state index in [0.717, 1.165) is 0 Å². The van der Waals surface area contributed by atoms with Crippen LogP contribution >= 0.6 is 0 Å². The Morgan fingerprint density at radius 3 is 3.05 bits per heavy atom. The number of nitrogens with zero attached hydrogens (tertiary/aromatic N) is 3. The lowest BCUT2D eigenvalue weighted by molar-refractivity contribution is 0.0253. The molecule has 10 nitrogen and oxygen atoms in total. The molecule has 3 aliphatic heterocycles. The highest BCUT2D eigenvalue weighted by molar-refractivity contribution is 5.86. The Morgan fingerprint density at radius 1 is 1.60 bits per heavy atom. The van der Waals surface area contributed by atoms with Crippen LogP contribution in [0.25, 0.3) is 0 Å². The second-order valence-electron chi connectivity index (χ2n) is 5.04. The molecular weight excluding hydrogens is 266 g/mol. The number of nitrogens with one attached hydrogen (secondary N) is 1. The van der Waals surface area contributed by atoms with Crippen LogP contribution in [0.1, 0.15) is 6.42 Å². The van der Waals surface area contributed by atoms with Gasteiger partial charge in [-0.25, -0.2) is 14.8 Å². The van der Waals surface area contributed by atoms with Gasteiger partial charge >= 0.3 is 6.09 Å². The van der Waals surface area contributed by atoms with E-state index < -0.39 is 29.9 Å². The Labute approximate surface area is 114 Å². The Morgan fingerprint density at radius 2 is 2.35 bits per heavy atom. The van der Waals surface area contributed by atoms with Crippen molar-refractivity contribution >= 4 is 18.0 Å². The molecule has 0 aromatic heterocycles. The van der Waals surface area contributed by atoms with Crippen LogP contribution in [0.5, 0.6) is 0 Å². The fraction of sp³-hybridized carbons (Fsp3) is 0.700. The Kier molecular flexibility index (Phi) is 2.64. The van der Waals surface area contributed by atoms with Gasteiger partial charge in [0.05, 0.1) is 0 Å². The molecule has 0 bridgehead atoms. The highest BCUT2D eigenvalue weighted by atomic mass is 16.5. The number of nitrogens with two attached hydrogens (primary N) is 3. The molecule has 1 fully saturated rings. The molecule has 0 saturated carbocycles. The van der Waals surface area contributed by atoms with Crippen molar-refractivity contribution in [2.75, 3.05) is 13.2 Å². The summed E-state index contributed by atoms with van der Waals surface area (Å²) in [5, 5.41) is 13.3. The molecule has 4 atom stereocenters. The van der Waals surface area contributed by atoms with E-state index in [-0.39, 0.29) is 18.5 Å². The normalized spacial score (nSPS) is 38.5. The fourth-order valence-corrected chi connectivity index (χ4v) is 3.19. The lowest BCUT2D eigenvalue weighted by atomic mass is 9.89. The molecule has 1 amide bonds. The number of hydrogen-bond donors (Lipinski definition) is 5. The number of aliphatic imine (C=N–C) groups is 2. The number of carbonyl (C=O) groups excluding carboxylic acids is 1. The summed E-state index contributed by atoms with van der Waals surface area (Å²) in [7, 11) is 0. The predicted molar refractivity (Wildman–Crippen MR) is 69.6 cm³/mol. The van der Waals surface area contributed by atoms with Gasteiger partial charge in [-0.2, -0.15) is 0 Å². The summed E-state index contributed by atoms with van der Waals surface area (Å²) in [6.07, 6.45) is -1.12. The molecule has 110 valence electrons. The van der Waals surface area contributed by atoms with E-state index in [9.17, 15) is 9.90 Å². The molecule has 20 heavy (non-hydrogen) atoms. The molecule has 0 aliphatic carbocycles. The molecule has 0 aromatic rings. The van der Waals surface area contributed by atoms with Gasteiger partial charge in [-0.05, 0) is 6.42 Å². The third kappa shape index (κ3) is 1.57. The molecule has 0 aromatic carbocycles. The average molecular weight is 283 g/mol. The quantitative estimate of drug-likeness (QED) is 0.356. The first-order valence-electron chi connectivity index (χ1n) is 6.28. The van der Waals surface area contributed by atoms with Crippen molar-refractivity contribution in [3.63, 3.8) is 0 Å². The van der Waals surface area contributed by atoms with Crippen molar-refractivity contribution in [1.29, 1.82) is 0 Å². The van der Waals surface area contributed by atoms with Crippen molar-refractivity contribution in [1.82, 2.24) is 10.2 Å². The minimum atomic E-state index is -0.985. The molecule has 0 radical (unpaired) electrons. The van der Waals surface area contributed by atoms with Gasteiger partial charge in [0, 0.05) is 6.54 Å². The molecular formula is C10H17N7O3. The van der Waals surface area contributed by atoms with E-state index in [2.05, 4.69) is 15.3 Å². The van der Waals surface area contributed by atoms with Crippen molar-refractivity contribution in [2.45, 2.75) is 30.3 Å². The summed E-state index contributed by atoms with van der Waals surface area (Å²) in [4.78, 5) is 21.1. The van der Waals surface area contributed by atoms with Crippen LogP contribution in [0.15, 0.2) is 9.98 Å². The van der Waals surface area contributed by atoms with Crippen LogP contribution in [0.2, 0.25) is 0 Å². The van der Waals surface area contributed by atoms with E-state index in [4.69, 9.17) is 21.9 Å². The van der Waals surface area contributed by atoms with Crippen LogP contribution in [0.3, 0.4) is 0 Å². The smallest absolute Gasteiger partial charge is 0.404 e. The summed E-state index contributed by atoms with van der Waals surface area (Å²) in [5.74, 6) is 0.450. The number of carbonyl (C=O) groups is 1. The average Bonchev–Trinajstić information content (AvgIpc) is 2.88. The number of amides is 1. The van der Waals surface area contributed by atoms with Gasteiger partial charge in [0.25, 0.3) is 0 Å². The third-order valence-corrected chi connectivity index (χ3v) is 3.97. The zero-order valence-corrected chi connectivity index (χ0v) is 10.7. The van der Waals surface area contributed by atoms with Gasteiger partial charge in [0.15, 0.2) is 17.6 Å². The number of guanidine groups is 2. The first-order chi connectivity index (χ1) is 9.45. The first kappa shape index (κ1) is 12.8. The second kappa shape index (κ2) is 4.13. The van der Waals surface area contributed by atoms with Crippen molar-refractivity contribution in [3.8, 4) is 0 Å². The zero-order chi connectivity index (χ0) is 14.5. The van der Waals surface area contributed by atoms with Crippen LogP contribution in [-0.4, -0.2) is 65.0 Å². The summed E-state index contributed by atoms with van der Waals surface area (Å²) < 4.78 is 4.80. The second-order valence-corrected chi connectivity index (χ2v) is 5.04. The highest BCUT2D eigenvalue weighted by Gasteiger charge is 2.62. The number of aliphatic hydroxyl groups is 1. The van der Waals surface area contributed by atoms with Crippen LogP contribution in [0, 0.1) is 0 Å². The highest BCUT2D eigenvalue weighted by Crippen LogP contribution is 2.40. The molecule has 3 aliphatic rings. The summed E-state index contributed by atoms with van der Waals surface area (Å²) >= 11 is 0. The molecule has 3 heterocycles.